The molecule has 2 rings (SSSR count). The van der Waals surface area contributed by atoms with Crippen molar-refractivity contribution in [2.75, 3.05) is 36.5 Å². The monoisotopic (exact) mass is 387 g/mol. The third-order valence-corrected chi connectivity index (χ3v) is 6.30. The maximum atomic E-state index is 12.3. The second-order valence-corrected chi connectivity index (χ2v) is 8.61. The molecule has 1 aromatic heterocycles. The third-order valence-electron chi connectivity index (χ3n) is 3.75. The van der Waals surface area contributed by atoms with Gasteiger partial charge in [0.1, 0.15) is 0 Å². The molecule has 0 radical (unpaired) electrons. The van der Waals surface area contributed by atoms with Gasteiger partial charge >= 0.3 is 5.97 Å². The molecule has 25 heavy (non-hydrogen) atoms. The molecular weight excluding hydrogens is 366 g/mol. The van der Waals surface area contributed by atoms with E-state index in [9.17, 15) is 18.0 Å². The van der Waals surface area contributed by atoms with Gasteiger partial charge in [0, 0.05) is 24.5 Å². The van der Waals surface area contributed by atoms with E-state index in [0.717, 1.165) is 0 Å². The van der Waals surface area contributed by atoms with Crippen molar-refractivity contribution >= 4 is 38.2 Å². The summed E-state index contributed by atoms with van der Waals surface area (Å²) in [6.07, 6.45) is 2.08. The van der Waals surface area contributed by atoms with Gasteiger partial charge in [0.15, 0.2) is 27.3 Å². The lowest BCUT2D eigenvalue weighted by Crippen LogP contribution is -2.43. The standard InChI is InChI=1S/C15H21N3O5S2/c1-3-6-16-15-17-12(9-24-15)14(20)23-8-13(19)18(4-2)11-5-7-25(21,22)10-11/h3,9,11H,1,4-8,10H2,2H3,(H,16,17)/t11-/m0/s1. The summed E-state index contributed by atoms with van der Waals surface area (Å²) in [5.74, 6) is -1.05. The molecule has 1 fully saturated rings. The fraction of sp³-hybridized carbons (Fsp3) is 0.533. The average Bonchev–Trinajstić information content (AvgIpc) is 3.18. The van der Waals surface area contributed by atoms with Crippen molar-refractivity contribution in [1.82, 2.24) is 9.88 Å². The molecule has 10 heteroatoms. The summed E-state index contributed by atoms with van der Waals surface area (Å²) < 4.78 is 28.2. The Balaban J connectivity index is 1.88. The topological polar surface area (TPSA) is 106 Å². The van der Waals surface area contributed by atoms with Crippen molar-refractivity contribution in [1.29, 1.82) is 0 Å². The smallest absolute Gasteiger partial charge is 0.358 e. The predicted octanol–water partition coefficient (Wildman–Crippen LogP) is 0.933. The van der Waals surface area contributed by atoms with Gasteiger partial charge in [0.2, 0.25) is 0 Å². The molecule has 8 nitrogen and oxygen atoms in total. The van der Waals surface area contributed by atoms with Crippen LogP contribution in [0.2, 0.25) is 0 Å². The molecule has 2 heterocycles. The Hall–Kier alpha value is -1.94. The van der Waals surface area contributed by atoms with E-state index in [0.29, 0.717) is 24.6 Å². The first kappa shape index (κ1) is 19.4. The lowest BCUT2D eigenvalue weighted by atomic mass is 10.2. The van der Waals surface area contributed by atoms with Crippen molar-refractivity contribution < 1.29 is 22.7 Å². The van der Waals surface area contributed by atoms with Gasteiger partial charge < -0.3 is 15.0 Å². The zero-order chi connectivity index (χ0) is 18.4. The van der Waals surface area contributed by atoms with E-state index < -0.39 is 28.3 Å². The van der Waals surface area contributed by atoms with E-state index in [4.69, 9.17) is 4.74 Å². The highest BCUT2D eigenvalue weighted by Crippen LogP contribution is 2.18. The summed E-state index contributed by atoms with van der Waals surface area (Å²) in [5.41, 5.74) is 0.121. The summed E-state index contributed by atoms with van der Waals surface area (Å²) in [6.45, 7) is 5.80. The number of carbonyl (C=O) groups is 2. The fourth-order valence-corrected chi connectivity index (χ4v) is 4.97. The highest BCUT2D eigenvalue weighted by Gasteiger charge is 2.34. The first-order valence-corrected chi connectivity index (χ1v) is 10.5. The van der Waals surface area contributed by atoms with Crippen LogP contribution in [0, 0.1) is 0 Å². The van der Waals surface area contributed by atoms with Gasteiger partial charge in [0.05, 0.1) is 11.5 Å². The molecule has 138 valence electrons. The van der Waals surface area contributed by atoms with Crippen LogP contribution < -0.4 is 5.32 Å². The quantitative estimate of drug-likeness (QED) is 0.522. The van der Waals surface area contributed by atoms with Crippen molar-refractivity contribution in [3.05, 3.63) is 23.7 Å². The van der Waals surface area contributed by atoms with Crippen LogP contribution in [0.25, 0.3) is 0 Å². The molecule has 1 aliphatic heterocycles. The predicted molar refractivity (Wildman–Crippen MR) is 95.5 cm³/mol. The molecule has 1 amide bonds. The van der Waals surface area contributed by atoms with Crippen LogP contribution in [-0.2, 0) is 19.4 Å². The number of carbonyl (C=O) groups excluding carboxylic acids is 2. The maximum absolute atomic E-state index is 12.3. The van der Waals surface area contributed by atoms with Gasteiger partial charge in [-0.2, -0.15) is 0 Å². The highest BCUT2D eigenvalue weighted by molar-refractivity contribution is 7.91. The van der Waals surface area contributed by atoms with E-state index >= 15 is 0 Å². The number of likely N-dealkylation sites (N-methyl/N-ethyl adjacent to an activating group) is 1. The molecule has 0 saturated carbocycles. The second kappa shape index (κ2) is 8.43. The molecular formula is C15H21N3O5S2. The first-order chi connectivity index (χ1) is 11.9. The van der Waals surface area contributed by atoms with Crippen LogP contribution in [0.5, 0.6) is 0 Å². The van der Waals surface area contributed by atoms with Gasteiger partial charge in [-0.3, -0.25) is 4.79 Å². The van der Waals surface area contributed by atoms with Crippen LogP contribution in [0.15, 0.2) is 18.0 Å². The van der Waals surface area contributed by atoms with Crippen LogP contribution in [-0.4, -0.2) is 67.4 Å². The number of nitrogens with zero attached hydrogens (tertiary/aromatic N) is 2. The van der Waals surface area contributed by atoms with Crippen molar-refractivity contribution in [3.63, 3.8) is 0 Å². The molecule has 1 atom stereocenters. The number of esters is 1. The van der Waals surface area contributed by atoms with E-state index in [1.165, 1.54) is 16.2 Å². The van der Waals surface area contributed by atoms with Crippen LogP contribution >= 0.6 is 11.3 Å². The second-order valence-electron chi connectivity index (χ2n) is 5.52. The molecule has 0 bridgehead atoms. The number of nitrogens with one attached hydrogen (secondary N) is 1. The Labute approximate surface area is 150 Å². The third kappa shape index (κ3) is 5.27. The number of rotatable bonds is 8. The summed E-state index contributed by atoms with van der Waals surface area (Å²) >= 11 is 1.25. The minimum atomic E-state index is -3.09. The zero-order valence-electron chi connectivity index (χ0n) is 13.9. The summed E-state index contributed by atoms with van der Waals surface area (Å²) in [7, 11) is -3.09. The van der Waals surface area contributed by atoms with E-state index in [2.05, 4.69) is 16.9 Å². The molecule has 1 N–H and O–H groups in total. The fourth-order valence-electron chi connectivity index (χ4n) is 2.55. The Morgan fingerprint density at radius 2 is 2.32 bits per heavy atom. The molecule has 0 aliphatic carbocycles. The Bertz CT molecular complexity index is 744. The maximum Gasteiger partial charge on any atom is 0.358 e. The number of amides is 1. The lowest BCUT2D eigenvalue weighted by Gasteiger charge is -2.26. The van der Waals surface area contributed by atoms with Gasteiger partial charge in [-0.15, -0.1) is 17.9 Å². The van der Waals surface area contributed by atoms with Gasteiger partial charge in [-0.25, -0.2) is 18.2 Å². The van der Waals surface area contributed by atoms with E-state index in [-0.39, 0.29) is 23.2 Å². The number of ether oxygens (including phenoxy) is 1. The lowest BCUT2D eigenvalue weighted by molar-refractivity contribution is -0.136. The van der Waals surface area contributed by atoms with Crippen molar-refractivity contribution in [2.24, 2.45) is 0 Å². The minimum Gasteiger partial charge on any atom is -0.451 e. The molecule has 0 spiro atoms. The molecule has 1 aliphatic rings. The zero-order valence-corrected chi connectivity index (χ0v) is 15.6. The number of hydrogen-bond donors (Lipinski definition) is 1. The first-order valence-electron chi connectivity index (χ1n) is 7.83. The SMILES string of the molecule is C=CCNc1nc(C(=O)OCC(=O)N(CC)[C@H]2CCS(=O)(=O)C2)cs1. The minimum absolute atomic E-state index is 0.0368. The highest BCUT2D eigenvalue weighted by atomic mass is 32.2. The Morgan fingerprint density at radius 3 is 2.92 bits per heavy atom. The summed E-state index contributed by atoms with van der Waals surface area (Å²) in [4.78, 5) is 29.8. The summed E-state index contributed by atoms with van der Waals surface area (Å²) in [5, 5.41) is 5.06. The number of thiazole rings is 1. The number of anilines is 1. The number of hydrogen-bond acceptors (Lipinski definition) is 8. The largest absolute Gasteiger partial charge is 0.451 e. The van der Waals surface area contributed by atoms with E-state index in [1.54, 1.807) is 18.4 Å². The van der Waals surface area contributed by atoms with Crippen molar-refractivity contribution in [3.8, 4) is 0 Å². The van der Waals surface area contributed by atoms with Gasteiger partial charge in [-0.05, 0) is 13.3 Å². The normalized spacial score (nSPS) is 18.5. The molecule has 0 unspecified atom stereocenters. The molecule has 0 aromatic carbocycles. The molecule has 1 aromatic rings. The van der Waals surface area contributed by atoms with Gasteiger partial charge in [-0.1, -0.05) is 6.08 Å². The van der Waals surface area contributed by atoms with Gasteiger partial charge in [0.25, 0.3) is 5.91 Å². The Morgan fingerprint density at radius 1 is 1.56 bits per heavy atom. The Kier molecular flexibility index (Phi) is 6.54. The van der Waals surface area contributed by atoms with E-state index in [1.807, 2.05) is 0 Å². The van der Waals surface area contributed by atoms with Crippen LogP contribution in [0.3, 0.4) is 0 Å². The number of sulfone groups is 1. The van der Waals surface area contributed by atoms with Crippen LogP contribution in [0.1, 0.15) is 23.8 Å². The average molecular weight is 387 g/mol. The molecule has 1 saturated heterocycles. The summed E-state index contributed by atoms with van der Waals surface area (Å²) in [6, 6.07) is -0.352. The van der Waals surface area contributed by atoms with Crippen molar-refractivity contribution in [2.45, 2.75) is 19.4 Å². The number of aromatic nitrogens is 1. The van der Waals surface area contributed by atoms with Crippen LogP contribution in [0.4, 0.5) is 5.13 Å².